The van der Waals surface area contributed by atoms with Gasteiger partial charge in [-0.1, -0.05) is 24.6 Å². The Morgan fingerprint density at radius 2 is 1.95 bits per heavy atom. The molecule has 6 heteroatoms. The van der Waals surface area contributed by atoms with Gasteiger partial charge in [0.2, 0.25) is 0 Å². The van der Waals surface area contributed by atoms with Crippen LogP contribution in [0.15, 0.2) is 24.3 Å². The number of carbonyl (C=O) groups excluding carboxylic acids is 1. The molecule has 0 aliphatic rings. The van der Waals surface area contributed by atoms with Crippen LogP contribution in [0.4, 0.5) is 5.69 Å². The van der Waals surface area contributed by atoms with Crippen molar-refractivity contribution >= 4 is 22.7 Å². The Labute approximate surface area is 116 Å². The number of hydrogen-bond acceptors (Lipinski definition) is 4. The Bertz CT molecular complexity index is 461. The molecule has 0 aliphatic heterocycles. The molecule has 3 unspecified atom stereocenters. The number of carbonyl (C=O) groups is 1. The fourth-order valence-electron chi connectivity index (χ4n) is 1.76. The maximum absolute atomic E-state index is 12.0. The largest absolute Gasteiger partial charge is 0.755 e. The van der Waals surface area contributed by atoms with E-state index in [2.05, 4.69) is 0 Å². The lowest BCUT2D eigenvalue weighted by Crippen LogP contribution is -2.47. The van der Waals surface area contributed by atoms with Gasteiger partial charge in [-0.05, 0) is 32.4 Å². The van der Waals surface area contributed by atoms with E-state index in [1.54, 1.807) is 38.1 Å². The van der Waals surface area contributed by atoms with E-state index >= 15 is 0 Å². The molecule has 5 nitrogen and oxygen atoms in total. The standard InChI is InChI=1S/C13H20N2O3S/c1-4-12(14)13(16)10(3)15(19(17)18)11-7-5-9(2)6-8-11/h5-8,10,12H,4,14H2,1-3H3,(H,17,18)/p-1. The van der Waals surface area contributed by atoms with Gasteiger partial charge in [-0.15, -0.1) is 0 Å². The predicted molar refractivity (Wildman–Crippen MR) is 75.3 cm³/mol. The molecule has 3 atom stereocenters. The molecule has 2 N–H and O–H groups in total. The molecule has 1 rings (SSSR count). The molecule has 0 bridgehead atoms. The molecule has 0 amide bonds. The van der Waals surface area contributed by atoms with Gasteiger partial charge < -0.3 is 10.3 Å². The van der Waals surface area contributed by atoms with Gasteiger partial charge in [0.1, 0.15) is 0 Å². The first-order valence-electron chi connectivity index (χ1n) is 6.13. The van der Waals surface area contributed by atoms with E-state index in [1.165, 1.54) is 0 Å². The lowest BCUT2D eigenvalue weighted by Gasteiger charge is -2.32. The summed E-state index contributed by atoms with van der Waals surface area (Å²) in [5.41, 5.74) is 7.16. The first-order valence-corrected chi connectivity index (χ1v) is 7.16. The smallest absolute Gasteiger partial charge is 0.172 e. The van der Waals surface area contributed by atoms with Crippen LogP contribution in [0, 0.1) is 6.92 Å². The van der Waals surface area contributed by atoms with E-state index in [9.17, 15) is 13.6 Å². The minimum absolute atomic E-state index is 0.285. The molecule has 0 aromatic heterocycles. The second-order valence-electron chi connectivity index (χ2n) is 4.47. The topological polar surface area (TPSA) is 86.5 Å². The summed E-state index contributed by atoms with van der Waals surface area (Å²) in [6.45, 7) is 5.25. The second-order valence-corrected chi connectivity index (χ2v) is 5.30. The summed E-state index contributed by atoms with van der Waals surface area (Å²) in [6.07, 6.45) is 0.483. The van der Waals surface area contributed by atoms with Gasteiger partial charge in [0.25, 0.3) is 0 Å². The van der Waals surface area contributed by atoms with Crippen molar-refractivity contribution in [3.8, 4) is 0 Å². The molecule has 106 valence electrons. The molecule has 0 saturated heterocycles. The Hall–Kier alpha value is -1.24. The van der Waals surface area contributed by atoms with Crippen LogP contribution < -0.4 is 10.0 Å². The van der Waals surface area contributed by atoms with Gasteiger partial charge in [0.15, 0.2) is 5.78 Å². The van der Waals surface area contributed by atoms with Crippen molar-refractivity contribution in [2.45, 2.75) is 39.3 Å². The summed E-state index contributed by atoms with van der Waals surface area (Å²) >= 11 is -2.52. The molecule has 19 heavy (non-hydrogen) atoms. The zero-order valence-electron chi connectivity index (χ0n) is 11.3. The molecule has 0 heterocycles. The van der Waals surface area contributed by atoms with E-state index in [-0.39, 0.29) is 5.78 Å². The zero-order valence-corrected chi connectivity index (χ0v) is 12.1. The minimum Gasteiger partial charge on any atom is -0.755 e. The van der Waals surface area contributed by atoms with Crippen LogP contribution in [-0.2, 0) is 16.1 Å². The number of aryl methyl sites for hydroxylation is 1. The monoisotopic (exact) mass is 283 g/mol. The van der Waals surface area contributed by atoms with E-state index in [4.69, 9.17) is 5.73 Å². The molecule has 0 spiro atoms. The van der Waals surface area contributed by atoms with Crippen molar-refractivity contribution in [2.24, 2.45) is 5.73 Å². The van der Waals surface area contributed by atoms with Crippen LogP contribution in [-0.4, -0.2) is 26.6 Å². The van der Waals surface area contributed by atoms with Crippen LogP contribution in [0.5, 0.6) is 0 Å². The maximum atomic E-state index is 12.0. The van der Waals surface area contributed by atoms with Crippen LogP contribution in [0.1, 0.15) is 25.8 Å². The SMILES string of the molecule is CCC(N)C(=O)C(C)N(c1ccc(C)cc1)S(=O)[O-]. The molecule has 1 aromatic rings. The summed E-state index contributed by atoms with van der Waals surface area (Å²) in [6, 6.07) is 5.49. The quantitative estimate of drug-likeness (QED) is 0.797. The first kappa shape index (κ1) is 15.8. The van der Waals surface area contributed by atoms with Crippen LogP contribution in [0.25, 0.3) is 0 Å². The minimum atomic E-state index is -2.52. The molecular formula is C13H19N2O3S-. The highest BCUT2D eigenvalue weighted by molar-refractivity contribution is 7.80. The van der Waals surface area contributed by atoms with Gasteiger partial charge in [-0.2, -0.15) is 0 Å². The van der Waals surface area contributed by atoms with Gasteiger partial charge in [-0.3, -0.25) is 13.3 Å². The van der Waals surface area contributed by atoms with Crippen LogP contribution in [0.3, 0.4) is 0 Å². The highest BCUT2D eigenvalue weighted by atomic mass is 32.2. The second kappa shape index (κ2) is 6.79. The Kier molecular flexibility index (Phi) is 5.65. The maximum Gasteiger partial charge on any atom is 0.172 e. The van der Waals surface area contributed by atoms with Crippen LogP contribution in [0.2, 0.25) is 0 Å². The fraction of sp³-hybridized carbons (Fsp3) is 0.462. The van der Waals surface area contributed by atoms with Crippen molar-refractivity contribution in [3.05, 3.63) is 29.8 Å². The molecular weight excluding hydrogens is 264 g/mol. The number of ketones is 1. The number of anilines is 1. The summed E-state index contributed by atoms with van der Waals surface area (Å²) in [5.74, 6) is -0.285. The number of nitrogens with zero attached hydrogens (tertiary/aromatic N) is 1. The van der Waals surface area contributed by atoms with E-state index in [0.717, 1.165) is 9.87 Å². The predicted octanol–water partition coefficient (Wildman–Crippen LogP) is 1.29. The molecule has 0 radical (unpaired) electrons. The van der Waals surface area contributed by atoms with E-state index in [0.29, 0.717) is 12.1 Å². The summed E-state index contributed by atoms with van der Waals surface area (Å²) in [7, 11) is 0. The van der Waals surface area contributed by atoms with Crippen molar-refractivity contribution in [1.82, 2.24) is 0 Å². The Balaban J connectivity index is 3.04. The number of hydrogen-bond donors (Lipinski definition) is 1. The van der Waals surface area contributed by atoms with Crippen molar-refractivity contribution < 1.29 is 13.6 Å². The Morgan fingerprint density at radius 3 is 2.37 bits per heavy atom. The van der Waals surface area contributed by atoms with E-state index in [1.807, 2.05) is 6.92 Å². The van der Waals surface area contributed by atoms with Crippen molar-refractivity contribution in [1.29, 1.82) is 0 Å². The highest BCUT2D eigenvalue weighted by Crippen LogP contribution is 2.20. The van der Waals surface area contributed by atoms with Gasteiger partial charge in [0.05, 0.1) is 12.1 Å². The molecule has 0 fully saturated rings. The van der Waals surface area contributed by atoms with Crippen LogP contribution >= 0.6 is 0 Å². The lowest BCUT2D eigenvalue weighted by atomic mass is 10.0. The zero-order chi connectivity index (χ0) is 14.6. The number of benzene rings is 1. The van der Waals surface area contributed by atoms with Crippen molar-refractivity contribution in [3.63, 3.8) is 0 Å². The number of rotatable bonds is 6. The molecule has 0 saturated carbocycles. The lowest BCUT2D eigenvalue weighted by molar-refractivity contribution is -0.121. The summed E-state index contributed by atoms with van der Waals surface area (Å²) in [5, 5.41) is 0. The van der Waals surface area contributed by atoms with E-state index < -0.39 is 23.4 Å². The number of nitrogens with two attached hydrogens (primary N) is 1. The number of Topliss-reactive ketones (excluding diaryl/α,β-unsaturated/α-hetero) is 1. The van der Waals surface area contributed by atoms with Gasteiger partial charge in [0, 0.05) is 17.0 Å². The summed E-state index contributed by atoms with van der Waals surface area (Å²) in [4.78, 5) is 12.0. The molecule has 1 aromatic carbocycles. The first-order chi connectivity index (χ1) is 8.88. The Morgan fingerprint density at radius 1 is 1.42 bits per heavy atom. The third-order valence-electron chi connectivity index (χ3n) is 3.02. The summed E-state index contributed by atoms with van der Waals surface area (Å²) < 4.78 is 23.8. The average Bonchev–Trinajstić information content (AvgIpc) is 2.38. The normalized spacial score (nSPS) is 15.6. The van der Waals surface area contributed by atoms with Gasteiger partial charge >= 0.3 is 0 Å². The fourth-order valence-corrected chi connectivity index (χ4v) is 2.41. The third kappa shape index (κ3) is 3.86. The molecule has 0 aliphatic carbocycles. The third-order valence-corrected chi connectivity index (χ3v) is 3.87. The van der Waals surface area contributed by atoms with Crippen molar-refractivity contribution in [2.75, 3.05) is 4.31 Å². The van der Waals surface area contributed by atoms with Gasteiger partial charge in [-0.25, -0.2) is 0 Å². The highest BCUT2D eigenvalue weighted by Gasteiger charge is 2.26. The average molecular weight is 283 g/mol.